The van der Waals surface area contributed by atoms with Crippen LogP contribution in [0.15, 0.2) is 4.99 Å². The van der Waals surface area contributed by atoms with Crippen molar-refractivity contribution >= 4 is 29.9 Å². The van der Waals surface area contributed by atoms with Crippen LogP contribution < -0.4 is 10.6 Å². The summed E-state index contributed by atoms with van der Waals surface area (Å²) in [6, 6.07) is 0. The van der Waals surface area contributed by atoms with Gasteiger partial charge in [0.2, 0.25) is 0 Å². The molecule has 0 spiro atoms. The lowest BCUT2D eigenvalue weighted by Gasteiger charge is -2.21. The van der Waals surface area contributed by atoms with E-state index in [4.69, 9.17) is 9.47 Å². The third-order valence-electron chi connectivity index (χ3n) is 4.00. The molecule has 2 saturated heterocycles. The van der Waals surface area contributed by atoms with Crippen LogP contribution in [0.2, 0.25) is 0 Å². The van der Waals surface area contributed by atoms with Gasteiger partial charge in [-0.25, -0.2) is 0 Å². The Morgan fingerprint density at radius 3 is 2.76 bits per heavy atom. The van der Waals surface area contributed by atoms with Crippen LogP contribution in [0.5, 0.6) is 0 Å². The van der Waals surface area contributed by atoms with Crippen LogP contribution >= 0.6 is 24.0 Å². The molecule has 6 heteroatoms. The Hall–Kier alpha value is -0.0800. The molecule has 0 aromatic rings. The molecule has 0 aliphatic carbocycles. The summed E-state index contributed by atoms with van der Waals surface area (Å²) in [5.74, 6) is 0.891. The molecule has 0 aromatic carbocycles. The van der Waals surface area contributed by atoms with Gasteiger partial charge in [0, 0.05) is 26.3 Å². The van der Waals surface area contributed by atoms with Crippen LogP contribution in [-0.4, -0.2) is 50.5 Å². The van der Waals surface area contributed by atoms with E-state index in [2.05, 4.69) is 29.5 Å². The summed E-state index contributed by atoms with van der Waals surface area (Å²) in [6.07, 6.45) is 6.13. The van der Waals surface area contributed by atoms with Gasteiger partial charge in [0.05, 0.1) is 18.2 Å². The second-order valence-electron chi connectivity index (χ2n) is 5.95. The third-order valence-corrected chi connectivity index (χ3v) is 4.00. The lowest BCUT2D eigenvalue weighted by molar-refractivity contribution is 0.0283. The maximum absolute atomic E-state index is 5.77. The normalized spacial score (nSPS) is 29.2. The van der Waals surface area contributed by atoms with Gasteiger partial charge in [-0.3, -0.25) is 4.99 Å². The van der Waals surface area contributed by atoms with Crippen molar-refractivity contribution in [1.82, 2.24) is 10.6 Å². The average Bonchev–Trinajstić information content (AvgIpc) is 3.08. The fourth-order valence-electron chi connectivity index (χ4n) is 2.77. The zero-order valence-electron chi connectivity index (χ0n) is 13.3. The molecule has 124 valence electrons. The molecule has 2 fully saturated rings. The molecule has 2 aliphatic heterocycles. The highest BCUT2D eigenvalue weighted by molar-refractivity contribution is 14.0. The second-order valence-corrected chi connectivity index (χ2v) is 5.95. The number of nitrogens with one attached hydrogen (secondary N) is 2. The number of aliphatic imine (C=N–C) groups is 1. The van der Waals surface area contributed by atoms with Crippen molar-refractivity contribution < 1.29 is 9.47 Å². The maximum Gasteiger partial charge on any atom is 0.191 e. The van der Waals surface area contributed by atoms with E-state index in [-0.39, 0.29) is 29.6 Å². The van der Waals surface area contributed by atoms with E-state index < -0.39 is 0 Å². The van der Waals surface area contributed by atoms with Gasteiger partial charge in [0.25, 0.3) is 0 Å². The van der Waals surface area contributed by atoms with Crippen molar-refractivity contribution in [3.8, 4) is 0 Å². The Balaban J connectivity index is 0.00000220. The molecule has 0 bridgehead atoms. The minimum Gasteiger partial charge on any atom is -0.378 e. The molecule has 2 N–H and O–H groups in total. The Kier molecular flexibility index (Phi) is 8.89. The number of rotatable bonds is 6. The van der Waals surface area contributed by atoms with Crippen molar-refractivity contribution in [3.05, 3.63) is 0 Å². The van der Waals surface area contributed by atoms with Crippen molar-refractivity contribution in [2.24, 2.45) is 4.99 Å². The number of halogens is 1. The van der Waals surface area contributed by atoms with Gasteiger partial charge in [-0.1, -0.05) is 0 Å². The highest BCUT2D eigenvalue weighted by atomic mass is 127. The molecule has 2 unspecified atom stereocenters. The van der Waals surface area contributed by atoms with Crippen LogP contribution in [0, 0.1) is 0 Å². The molecule has 5 nitrogen and oxygen atoms in total. The van der Waals surface area contributed by atoms with Crippen LogP contribution in [0.4, 0.5) is 0 Å². The van der Waals surface area contributed by atoms with Gasteiger partial charge in [0.15, 0.2) is 5.96 Å². The summed E-state index contributed by atoms with van der Waals surface area (Å²) in [5.41, 5.74) is -0.0725. The number of guanidine groups is 1. The average molecular weight is 411 g/mol. The van der Waals surface area contributed by atoms with E-state index >= 15 is 0 Å². The van der Waals surface area contributed by atoms with Crippen LogP contribution in [0.25, 0.3) is 0 Å². The van der Waals surface area contributed by atoms with Crippen LogP contribution in [0.1, 0.15) is 46.0 Å². The van der Waals surface area contributed by atoms with E-state index in [1.165, 1.54) is 12.8 Å². The number of ether oxygens (including phenoxy) is 2. The number of nitrogens with zero attached hydrogens (tertiary/aromatic N) is 1. The first kappa shape index (κ1) is 19.0. The third kappa shape index (κ3) is 6.69. The first-order valence-corrected chi connectivity index (χ1v) is 7.99. The first-order valence-electron chi connectivity index (χ1n) is 7.99. The second kappa shape index (κ2) is 9.84. The Morgan fingerprint density at radius 2 is 2.14 bits per heavy atom. The standard InChI is InChI=1S/C15H29N3O2.HI/c1-3-16-14(17-9-7-13-6-4-10-19-13)18-12-15(2)8-5-11-20-15;/h13H,3-12H2,1-2H3,(H2,16,17,18);1H. The van der Waals surface area contributed by atoms with Crippen molar-refractivity contribution in [3.63, 3.8) is 0 Å². The van der Waals surface area contributed by atoms with Gasteiger partial charge in [-0.15, -0.1) is 24.0 Å². The maximum atomic E-state index is 5.77. The topological polar surface area (TPSA) is 54.9 Å². The zero-order valence-corrected chi connectivity index (χ0v) is 15.7. The predicted octanol–water partition coefficient (Wildman–Crippen LogP) is 2.30. The highest BCUT2D eigenvalue weighted by Crippen LogP contribution is 2.24. The van der Waals surface area contributed by atoms with E-state index in [1.807, 2.05) is 0 Å². The fourth-order valence-corrected chi connectivity index (χ4v) is 2.77. The van der Waals surface area contributed by atoms with Gasteiger partial charge in [-0.2, -0.15) is 0 Å². The SMILES string of the molecule is CCNC(=NCC1(C)CCCO1)NCCC1CCCO1.I. The van der Waals surface area contributed by atoms with Gasteiger partial charge >= 0.3 is 0 Å². The van der Waals surface area contributed by atoms with Crippen molar-refractivity contribution in [1.29, 1.82) is 0 Å². The number of hydrogen-bond acceptors (Lipinski definition) is 3. The summed E-state index contributed by atoms with van der Waals surface area (Å²) < 4.78 is 11.4. The van der Waals surface area contributed by atoms with Crippen molar-refractivity contribution in [2.75, 3.05) is 32.8 Å². The van der Waals surface area contributed by atoms with E-state index in [0.717, 1.165) is 58.1 Å². The molecule has 21 heavy (non-hydrogen) atoms. The lowest BCUT2D eigenvalue weighted by Crippen LogP contribution is -2.40. The molecule has 0 aromatic heterocycles. The minimum atomic E-state index is -0.0725. The Labute approximate surface area is 145 Å². The predicted molar refractivity (Wildman–Crippen MR) is 96.6 cm³/mol. The molecule has 2 aliphatic rings. The summed E-state index contributed by atoms with van der Waals surface area (Å²) in [4.78, 5) is 4.66. The Bertz CT molecular complexity index is 314. The largest absolute Gasteiger partial charge is 0.378 e. The minimum absolute atomic E-state index is 0. The highest BCUT2D eigenvalue weighted by Gasteiger charge is 2.29. The molecule has 0 saturated carbocycles. The molecule has 2 rings (SSSR count). The number of hydrogen-bond donors (Lipinski definition) is 2. The van der Waals surface area contributed by atoms with Gasteiger partial charge < -0.3 is 20.1 Å². The summed E-state index contributed by atoms with van der Waals surface area (Å²) in [7, 11) is 0. The van der Waals surface area contributed by atoms with Gasteiger partial charge in [-0.05, 0) is 46.0 Å². The van der Waals surface area contributed by atoms with E-state index in [0.29, 0.717) is 6.10 Å². The van der Waals surface area contributed by atoms with E-state index in [1.54, 1.807) is 0 Å². The molecular weight excluding hydrogens is 381 g/mol. The molecule has 0 radical (unpaired) electrons. The quantitative estimate of drug-likeness (QED) is 0.400. The van der Waals surface area contributed by atoms with Gasteiger partial charge in [0.1, 0.15) is 0 Å². The molecule has 2 heterocycles. The summed E-state index contributed by atoms with van der Waals surface area (Å²) >= 11 is 0. The molecular formula is C15H30IN3O2. The summed E-state index contributed by atoms with van der Waals surface area (Å²) in [5, 5.41) is 6.68. The summed E-state index contributed by atoms with van der Waals surface area (Å²) in [6.45, 7) is 8.55. The van der Waals surface area contributed by atoms with Crippen LogP contribution in [-0.2, 0) is 9.47 Å². The molecule has 2 atom stereocenters. The Morgan fingerprint density at radius 1 is 1.29 bits per heavy atom. The van der Waals surface area contributed by atoms with E-state index in [9.17, 15) is 0 Å². The zero-order chi connectivity index (χ0) is 14.3. The van der Waals surface area contributed by atoms with Crippen molar-refractivity contribution in [2.45, 2.75) is 57.7 Å². The van der Waals surface area contributed by atoms with Crippen LogP contribution in [0.3, 0.4) is 0 Å². The first-order chi connectivity index (χ1) is 9.72. The molecule has 0 amide bonds. The lowest BCUT2D eigenvalue weighted by atomic mass is 10.0. The fraction of sp³-hybridized carbons (Fsp3) is 0.933. The monoisotopic (exact) mass is 411 g/mol. The smallest absolute Gasteiger partial charge is 0.191 e.